The predicted molar refractivity (Wildman–Crippen MR) is 260 cm³/mol. The van der Waals surface area contributed by atoms with Gasteiger partial charge in [-0.25, -0.2) is 4.79 Å². The Kier molecular flexibility index (Phi) is 39.7. The molecular formula is C50H92N4O14. The van der Waals surface area contributed by atoms with Gasteiger partial charge < -0.3 is 54.8 Å². The molecule has 0 aromatic carbocycles. The van der Waals surface area contributed by atoms with E-state index < -0.39 is 29.2 Å². The van der Waals surface area contributed by atoms with Crippen LogP contribution in [0.5, 0.6) is 0 Å². The Bertz CT molecular complexity index is 1370. The maximum atomic E-state index is 12.9. The van der Waals surface area contributed by atoms with Crippen LogP contribution in [0.25, 0.3) is 0 Å². The smallest absolute Gasteiger partial charge is 0.329 e. The zero-order valence-corrected chi connectivity index (χ0v) is 42.9. The molecule has 0 aliphatic rings. The number of ether oxygens (including phenoxy) is 6. The van der Waals surface area contributed by atoms with E-state index in [0.29, 0.717) is 78.2 Å². The molecule has 0 aliphatic heterocycles. The van der Waals surface area contributed by atoms with Crippen LogP contribution in [0.15, 0.2) is 0 Å². The van der Waals surface area contributed by atoms with Gasteiger partial charge in [-0.05, 0) is 73.6 Å². The van der Waals surface area contributed by atoms with Gasteiger partial charge in [-0.2, -0.15) is 0 Å². The minimum Gasteiger partial charge on any atom is -0.481 e. The van der Waals surface area contributed by atoms with Crippen molar-refractivity contribution in [2.24, 2.45) is 0 Å². The summed E-state index contributed by atoms with van der Waals surface area (Å²) in [4.78, 5) is 83.6. The van der Waals surface area contributed by atoms with E-state index in [0.717, 1.165) is 38.5 Å². The highest BCUT2D eigenvalue weighted by Gasteiger charge is 2.26. The zero-order valence-electron chi connectivity index (χ0n) is 42.9. The van der Waals surface area contributed by atoms with E-state index in [1.165, 1.54) is 51.4 Å². The summed E-state index contributed by atoms with van der Waals surface area (Å²) in [7, 11) is 0. The lowest BCUT2D eigenvalue weighted by Crippen LogP contribution is -2.44. The second-order valence-corrected chi connectivity index (χ2v) is 19.1. The van der Waals surface area contributed by atoms with Gasteiger partial charge in [0.1, 0.15) is 17.2 Å². The molecular weight excluding hydrogens is 881 g/mol. The molecule has 1 unspecified atom stereocenters. The van der Waals surface area contributed by atoms with E-state index in [4.69, 9.17) is 33.5 Å². The topological polar surface area (TPSA) is 243 Å². The first kappa shape index (κ1) is 64.1. The second-order valence-electron chi connectivity index (χ2n) is 19.1. The van der Waals surface area contributed by atoms with Crippen molar-refractivity contribution in [2.75, 3.05) is 72.5 Å². The quantitative estimate of drug-likeness (QED) is 0.0318. The lowest BCUT2D eigenvalue weighted by molar-refractivity contribution is -0.159. The molecule has 0 rings (SSSR count). The molecule has 18 nitrogen and oxygen atoms in total. The molecule has 4 amide bonds. The summed E-state index contributed by atoms with van der Waals surface area (Å²) >= 11 is 0. The van der Waals surface area contributed by atoms with Crippen LogP contribution in [0.3, 0.4) is 0 Å². The van der Waals surface area contributed by atoms with Crippen molar-refractivity contribution in [1.29, 1.82) is 0 Å². The first-order valence-corrected chi connectivity index (χ1v) is 25.4. The third kappa shape index (κ3) is 47.2. The van der Waals surface area contributed by atoms with E-state index >= 15 is 0 Å². The molecule has 0 aromatic rings. The van der Waals surface area contributed by atoms with Gasteiger partial charge in [-0.1, -0.05) is 77.0 Å². The molecule has 0 saturated heterocycles. The summed E-state index contributed by atoms with van der Waals surface area (Å²) in [5.74, 6) is -2.39. The van der Waals surface area contributed by atoms with Crippen molar-refractivity contribution >= 4 is 41.5 Å². The molecule has 0 spiro atoms. The Morgan fingerprint density at radius 2 is 0.794 bits per heavy atom. The number of esters is 2. The van der Waals surface area contributed by atoms with Crippen LogP contribution in [0.2, 0.25) is 0 Å². The summed E-state index contributed by atoms with van der Waals surface area (Å²) in [5, 5.41) is 19.6. The van der Waals surface area contributed by atoms with Gasteiger partial charge in [0.2, 0.25) is 23.6 Å². The fourth-order valence-corrected chi connectivity index (χ4v) is 6.64. The molecule has 0 aromatic heterocycles. The van der Waals surface area contributed by atoms with Crippen LogP contribution in [-0.2, 0) is 62.0 Å². The Hall–Kier alpha value is -3.87. The number of carbonyl (C=O) groups is 7. The number of nitrogens with one attached hydrogen (secondary N) is 4. The van der Waals surface area contributed by atoms with Crippen LogP contribution < -0.4 is 21.3 Å². The van der Waals surface area contributed by atoms with Gasteiger partial charge in [-0.3, -0.25) is 28.8 Å². The average Bonchev–Trinajstić information content (AvgIpc) is 3.25. The Morgan fingerprint density at radius 3 is 1.24 bits per heavy atom. The summed E-state index contributed by atoms with van der Waals surface area (Å²) in [6.45, 7) is 14.4. The standard InChI is InChI=1S/C50H92N4O14/c1-49(2,3)67-47(61)25-20-18-16-14-12-10-8-7-9-11-13-15-17-19-24-45(58)54-41(48(62)68-50(4,5)6)23-21-22-30-51-43(56)28-33-63-37-40-66-36-32-53-44(57)29-34-64-38-39-65-35-31-52-42(55)26-27-46(59)60/h41H,7-40H2,1-6H3,(H,51,56)(H,52,55)(H,53,57)(H,54,58)(H,59,60). The maximum absolute atomic E-state index is 12.9. The number of aliphatic carboxylic acids is 1. The highest BCUT2D eigenvalue weighted by atomic mass is 16.6. The molecule has 18 heteroatoms. The number of carbonyl (C=O) groups excluding carboxylic acids is 6. The predicted octanol–water partition coefficient (Wildman–Crippen LogP) is 6.63. The first-order valence-electron chi connectivity index (χ1n) is 25.4. The van der Waals surface area contributed by atoms with Crippen LogP contribution in [0.4, 0.5) is 0 Å². The van der Waals surface area contributed by atoms with Crippen LogP contribution in [-0.4, -0.2) is 136 Å². The lowest BCUT2D eigenvalue weighted by Gasteiger charge is -2.24. The van der Waals surface area contributed by atoms with E-state index in [9.17, 15) is 33.6 Å². The Labute approximate surface area is 407 Å². The monoisotopic (exact) mass is 973 g/mol. The molecule has 68 heavy (non-hydrogen) atoms. The van der Waals surface area contributed by atoms with Gasteiger partial charge in [0.25, 0.3) is 0 Å². The van der Waals surface area contributed by atoms with E-state index in [1.807, 2.05) is 20.8 Å². The van der Waals surface area contributed by atoms with Crippen molar-refractivity contribution < 1.29 is 67.1 Å². The molecule has 0 radical (unpaired) electrons. The number of hydrogen-bond acceptors (Lipinski definition) is 13. The van der Waals surface area contributed by atoms with Crippen LogP contribution in [0, 0.1) is 0 Å². The first-order chi connectivity index (χ1) is 32.4. The zero-order chi connectivity index (χ0) is 50.7. The fraction of sp³-hybridized carbons (Fsp3) is 0.860. The molecule has 0 fully saturated rings. The van der Waals surface area contributed by atoms with Gasteiger partial charge >= 0.3 is 17.9 Å². The van der Waals surface area contributed by atoms with Crippen molar-refractivity contribution in [2.45, 2.75) is 206 Å². The minimum atomic E-state index is -1.02. The number of rotatable bonds is 45. The van der Waals surface area contributed by atoms with Crippen molar-refractivity contribution in [3.63, 3.8) is 0 Å². The largest absolute Gasteiger partial charge is 0.481 e. The summed E-state index contributed by atoms with van der Waals surface area (Å²) in [6, 6.07) is -0.743. The van der Waals surface area contributed by atoms with E-state index in [-0.39, 0.29) is 81.6 Å². The van der Waals surface area contributed by atoms with Crippen LogP contribution >= 0.6 is 0 Å². The van der Waals surface area contributed by atoms with Crippen molar-refractivity contribution in [3.8, 4) is 0 Å². The maximum Gasteiger partial charge on any atom is 0.329 e. The second kappa shape index (κ2) is 42.0. The van der Waals surface area contributed by atoms with Crippen molar-refractivity contribution in [3.05, 3.63) is 0 Å². The number of amides is 4. The highest BCUT2D eigenvalue weighted by molar-refractivity contribution is 5.84. The Balaban J connectivity index is 3.89. The molecule has 0 saturated carbocycles. The summed E-state index contributed by atoms with van der Waals surface area (Å²) in [6.07, 6.45) is 18.5. The van der Waals surface area contributed by atoms with Gasteiger partial charge in [0, 0.05) is 51.7 Å². The third-order valence-electron chi connectivity index (χ3n) is 10.1. The fourth-order valence-electron chi connectivity index (χ4n) is 6.64. The normalized spacial score (nSPS) is 12.0. The van der Waals surface area contributed by atoms with Crippen LogP contribution in [0.1, 0.15) is 189 Å². The highest BCUT2D eigenvalue weighted by Crippen LogP contribution is 2.16. The molecule has 0 bridgehead atoms. The minimum absolute atomic E-state index is 0.0737. The summed E-state index contributed by atoms with van der Waals surface area (Å²) < 4.78 is 32.6. The van der Waals surface area contributed by atoms with Gasteiger partial charge in [0.15, 0.2) is 0 Å². The number of unbranched alkanes of at least 4 members (excludes halogenated alkanes) is 14. The molecule has 0 aliphatic carbocycles. The van der Waals surface area contributed by atoms with E-state index in [2.05, 4.69) is 21.3 Å². The third-order valence-corrected chi connectivity index (χ3v) is 10.1. The van der Waals surface area contributed by atoms with Gasteiger partial charge in [-0.15, -0.1) is 0 Å². The molecule has 1 atom stereocenters. The van der Waals surface area contributed by atoms with Gasteiger partial charge in [0.05, 0.1) is 59.3 Å². The molecule has 0 heterocycles. The van der Waals surface area contributed by atoms with E-state index in [1.54, 1.807) is 20.8 Å². The number of hydrogen-bond donors (Lipinski definition) is 5. The lowest BCUT2D eigenvalue weighted by atomic mass is 10.0. The SMILES string of the molecule is CC(C)(C)OC(=O)CCCCCCCCCCCCCCCCC(=O)NC(CCCCNC(=O)CCOCCOCCNC(=O)CCOCCOCCNC(=O)CCC(=O)O)C(=O)OC(C)(C)C. The molecule has 5 N–H and O–H groups in total. The average molecular weight is 973 g/mol. The molecule has 396 valence electrons. The number of carboxylic acid groups (broad SMARTS) is 1. The van der Waals surface area contributed by atoms with Crippen molar-refractivity contribution in [1.82, 2.24) is 21.3 Å². The Morgan fingerprint density at radius 1 is 0.397 bits per heavy atom. The number of carboxylic acids is 1. The summed E-state index contributed by atoms with van der Waals surface area (Å²) in [5.41, 5.74) is -1.08.